The summed E-state index contributed by atoms with van der Waals surface area (Å²) in [5.74, 6) is 0.130. The molecule has 1 aromatic carbocycles. The fraction of sp³-hybridized carbons (Fsp3) is 0.417. The molecule has 2 rings (SSSR count). The minimum Gasteiger partial charge on any atom is -0.355 e. The summed E-state index contributed by atoms with van der Waals surface area (Å²) >= 11 is 0. The van der Waals surface area contributed by atoms with Gasteiger partial charge in [-0.3, -0.25) is 4.79 Å². The highest BCUT2D eigenvalue weighted by Crippen LogP contribution is 2.18. The Morgan fingerprint density at radius 1 is 1.20 bits per heavy atom. The van der Waals surface area contributed by atoms with E-state index in [4.69, 9.17) is 0 Å². The molecule has 1 fully saturated rings. The number of amides is 1. The summed E-state index contributed by atoms with van der Waals surface area (Å²) < 4.78 is 0. The topological polar surface area (TPSA) is 41.1 Å². The van der Waals surface area contributed by atoms with E-state index in [9.17, 15) is 4.79 Å². The number of aryl methyl sites for hydroxylation is 1. The molecule has 1 aromatic rings. The average molecular weight is 204 g/mol. The van der Waals surface area contributed by atoms with Gasteiger partial charge in [-0.25, -0.2) is 0 Å². The van der Waals surface area contributed by atoms with Crippen molar-refractivity contribution in [2.75, 3.05) is 13.1 Å². The lowest BCUT2D eigenvalue weighted by Gasteiger charge is -2.14. The first-order chi connectivity index (χ1) is 7.25. The maximum Gasteiger partial charge on any atom is 0.221 e. The molecule has 1 saturated heterocycles. The lowest BCUT2D eigenvalue weighted by molar-refractivity contribution is -0.121. The molecule has 1 atom stereocenters. The lowest BCUT2D eigenvalue weighted by Crippen LogP contribution is -2.24. The standard InChI is InChI=1S/C12H16N2O/c1-9-2-4-10(5-3-9)11-8-12(15)14-7-6-13-11/h2-5,11,13H,6-8H2,1H3,(H,14,15). The molecule has 15 heavy (non-hydrogen) atoms. The molecule has 1 unspecified atom stereocenters. The molecule has 0 radical (unpaired) electrons. The minimum absolute atomic E-state index is 0.130. The first kappa shape index (κ1) is 10.2. The highest BCUT2D eigenvalue weighted by atomic mass is 16.1. The number of nitrogens with one attached hydrogen (secondary N) is 2. The summed E-state index contributed by atoms with van der Waals surface area (Å²) in [5, 5.41) is 6.22. The molecule has 0 saturated carbocycles. The molecule has 0 bridgehead atoms. The average Bonchev–Trinajstić information content (AvgIpc) is 2.44. The van der Waals surface area contributed by atoms with Crippen LogP contribution in [0.1, 0.15) is 23.6 Å². The minimum atomic E-state index is 0.130. The highest BCUT2D eigenvalue weighted by molar-refractivity contribution is 5.77. The van der Waals surface area contributed by atoms with Crippen molar-refractivity contribution in [2.45, 2.75) is 19.4 Å². The van der Waals surface area contributed by atoms with Gasteiger partial charge in [0.25, 0.3) is 0 Å². The predicted octanol–water partition coefficient (Wildman–Crippen LogP) is 1.15. The van der Waals surface area contributed by atoms with E-state index in [1.807, 2.05) is 0 Å². The zero-order valence-corrected chi connectivity index (χ0v) is 8.92. The van der Waals surface area contributed by atoms with Crippen molar-refractivity contribution in [1.82, 2.24) is 10.6 Å². The summed E-state index contributed by atoms with van der Waals surface area (Å²) in [4.78, 5) is 11.4. The van der Waals surface area contributed by atoms with Crippen LogP contribution in [0.4, 0.5) is 0 Å². The number of hydrogen-bond donors (Lipinski definition) is 2. The van der Waals surface area contributed by atoms with Gasteiger partial charge in [-0.1, -0.05) is 29.8 Å². The number of rotatable bonds is 1. The molecule has 0 aliphatic carbocycles. The Bertz CT molecular complexity index is 345. The molecule has 0 aromatic heterocycles. The van der Waals surface area contributed by atoms with Gasteiger partial charge in [-0.2, -0.15) is 0 Å². The molecule has 2 N–H and O–H groups in total. The Balaban J connectivity index is 2.14. The van der Waals surface area contributed by atoms with Crippen molar-refractivity contribution in [1.29, 1.82) is 0 Å². The van der Waals surface area contributed by atoms with Gasteiger partial charge in [0.05, 0.1) is 0 Å². The first-order valence-electron chi connectivity index (χ1n) is 5.32. The van der Waals surface area contributed by atoms with Crippen LogP contribution in [0.25, 0.3) is 0 Å². The van der Waals surface area contributed by atoms with Crippen molar-refractivity contribution >= 4 is 5.91 Å². The molecule has 0 spiro atoms. The van der Waals surface area contributed by atoms with Gasteiger partial charge < -0.3 is 10.6 Å². The van der Waals surface area contributed by atoms with Gasteiger partial charge in [-0.05, 0) is 12.5 Å². The summed E-state index contributed by atoms with van der Waals surface area (Å²) in [5.41, 5.74) is 2.44. The van der Waals surface area contributed by atoms with Gasteiger partial charge in [0, 0.05) is 25.6 Å². The normalized spacial score (nSPS) is 21.9. The van der Waals surface area contributed by atoms with E-state index in [2.05, 4.69) is 41.8 Å². The highest BCUT2D eigenvalue weighted by Gasteiger charge is 2.17. The van der Waals surface area contributed by atoms with Gasteiger partial charge in [0.15, 0.2) is 0 Å². The molecular formula is C12H16N2O. The third kappa shape index (κ3) is 2.57. The van der Waals surface area contributed by atoms with Crippen LogP contribution in [0.3, 0.4) is 0 Å². The molecule has 1 heterocycles. The predicted molar refractivity (Wildman–Crippen MR) is 59.5 cm³/mol. The summed E-state index contributed by atoms with van der Waals surface area (Å²) in [6, 6.07) is 8.50. The Kier molecular flexibility index (Phi) is 3.02. The summed E-state index contributed by atoms with van der Waals surface area (Å²) in [7, 11) is 0. The summed E-state index contributed by atoms with van der Waals surface area (Å²) in [6.07, 6.45) is 0.531. The quantitative estimate of drug-likeness (QED) is 0.720. The Morgan fingerprint density at radius 3 is 2.67 bits per heavy atom. The van der Waals surface area contributed by atoms with Crippen LogP contribution >= 0.6 is 0 Å². The lowest BCUT2D eigenvalue weighted by atomic mass is 10.0. The third-order valence-corrected chi connectivity index (χ3v) is 2.71. The second-order valence-electron chi connectivity index (χ2n) is 3.97. The van der Waals surface area contributed by atoms with Crippen LogP contribution in [0.15, 0.2) is 24.3 Å². The molecule has 3 heteroatoms. The van der Waals surface area contributed by atoms with E-state index in [0.29, 0.717) is 6.42 Å². The maximum atomic E-state index is 11.4. The molecule has 1 aliphatic heterocycles. The van der Waals surface area contributed by atoms with E-state index >= 15 is 0 Å². The Morgan fingerprint density at radius 2 is 1.93 bits per heavy atom. The van der Waals surface area contributed by atoms with Gasteiger partial charge >= 0.3 is 0 Å². The van der Waals surface area contributed by atoms with Crippen molar-refractivity contribution in [3.63, 3.8) is 0 Å². The number of carbonyl (C=O) groups excluding carboxylic acids is 1. The number of benzene rings is 1. The van der Waals surface area contributed by atoms with E-state index in [1.54, 1.807) is 0 Å². The largest absolute Gasteiger partial charge is 0.355 e. The van der Waals surface area contributed by atoms with E-state index in [0.717, 1.165) is 13.1 Å². The zero-order valence-electron chi connectivity index (χ0n) is 8.92. The monoisotopic (exact) mass is 204 g/mol. The molecule has 1 aliphatic rings. The Labute approximate surface area is 89.9 Å². The molecular weight excluding hydrogens is 188 g/mol. The molecule has 1 amide bonds. The summed E-state index contributed by atoms with van der Waals surface area (Å²) in [6.45, 7) is 3.63. The smallest absolute Gasteiger partial charge is 0.221 e. The fourth-order valence-electron chi connectivity index (χ4n) is 1.81. The van der Waals surface area contributed by atoms with E-state index < -0.39 is 0 Å². The second-order valence-corrected chi connectivity index (χ2v) is 3.97. The Hall–Kier alpha value is -1.35. The SMILES string of the molecule is Cc1ccc(C2CC(=O)NCCN2)cc1. The molecule has 80 valence electrons. The van der Waals surface area contributed by atoms with Gasteiger partial charge in [0.1, 0.15) is 0 Å². The van der Waals surface area contributed by atoms with Gasteiger partial charge in [0.2, 0.25) is 5.91 Å². The number of carbonyl (C=O) groups is 1. The van der Waals surface area contributed by atoms with E-state index in [1.165, 1.54) is 11.1 Å². The number of hydrogen-bond acceptors (Lipinski definition) is 2. The van der Waals surface area contributed by atoms with E-state index in [-0.39, 0.29) is 11.9 Å². The van der Waals surface area contributed by atoms with Crippen molar-refractivity contribution in [2.24, 2.45) is 0 Å². The zero-order chi connectivity index (χ0) is 10.7. The molecule has 3 nitrogen and oxygen atoms in total. The van der Waals surface area contributed by atoms with Crippen LogP contribution < -0.4 is 10.6 Å². The fourth-order valence-corrected chi connectivity index (χ4v) is 1.81. The first-order valence-corrected chi connectivity index (χ1v) is 5.32. The van der Waals surface area contributed by atoms with Crippen LogP contribution in [0.5, 0.6) is 0 Å². The van der Waals surface area contributed by atoms with Crippen LogP contribution in [0.2, 0.25) is 0 Å². The van der Waals surface area contributed by atoms with Crippen molar-refractivity contribution in [3.05, 3.63) is 35.4 Å². The van der Waals surface area contributed by atoms with Gasteiger partial charge in [-0.15, -0.1) is 0 Å². The van der Waals surface area contributed by atoms with Crippen molar-refractivity contribution in [3.8, 4) is 0 Å². The van der Waals surface area contributed by atoms with Crippen LogP contribution in [-0.2, 0) is 4.79 Å². The second kappa shape index (κ2) is 4.45. The van der Waals surface area contributed by atoms with Crippen molar-refractivity contribution < 1.29 is 4.79 Å². The van der Waals surface area contributed by atoms with Crippen LogP contribution in [-0.4, -0.2) is 19.0 Å². The van der Waals surface area contributed by atoms with Crippen LogP contribution in [0, 0.1) is 6.92 Å². The maximum absolute atomic E-state index is 11.4. The third-order valence-electron chi connectivity index (χ3n) is 2.71.